The molecule has 0 atom stereocenters. The molecule has 82 valence electrons. The first kappa shape index (κ1) is 11.9. The van der Waals surface area contributed by atoms with E-state index in [1.807, 2.05) is 30.3 Å². The molecule has 0 aliphatic carbocycles. The monoisotopic (exact) mass is 207 g/mol. The van der Waals surface area contributed by atoms with Crippen molar-refractivity contribution < 1.29 is 9.53 Å². The van der Waals surface area contributed by atoms with Gasteiger partial charge in [0.05, 0.1) is 6.61 Å². The Kier molecular flexibility index (Phi) is 5.66. The zero-order chi connectivity index (χ0) is 10.9. The molecular formula is C12H17NO2. The summed E-state index contributed by atoms with van der Waals surface area (Å²) in [4.78, 5) is 11.6. The number of carbonyl (C=O) groups excluding carboxylic acids is 1. The number of ketones is 1. The highest BCUT2D eigenvalue weighted by molar-refractivity contribution is 5.96. The van der Waals surface area contributed by atoms with Gasteiger partial charge in [-0.25, -0.2) is 0 Å². The third-order valence-corrected chi connectivity index (χ3v) is 2.11. The van der Waals surface area contributed by atoms with Crippen molar-refractivity contribution in [2.24, 2.45) is 0 Å². The minimum absolute atomic E-state index is 0.181. The molecule has 0 fully saturated rings. The van der Waals surface area contributed by atoms with Crippen molar-refractivity contribution in [1.82, 2.24) is 5.32 Å². The average Bonchev–Trinajstić information content (AvgIpc) is 2.30. The molecule has 3 nitrogen and oxygen atoms in total. The maximum absolute atomic E-state index is 11.6. The molecule has 0 heterocycles. The zero-order valence-electron chi connectivity index (χ0n) is 9.03. The number of carbonyl (C=O) groups is 1. The van der Waals surface area contributed by atoms with Crippen LogP contribution in [0.2, 0.25) is 0 Å². The van der Waals surface area contributed by atoms with Crippen molar-refractivity contribution in [2.75, 3.05) is 26.8 Å². The Hall–Kier alpha value is -1.19. The van der Waals surface area contributed by atoms with E-state index in [1.165, 1.54) is 0 Å². The molecule has 1 N–H and O–H groups in total. The van der Waals surface area contributed by atoms with Gasteiger partial charge in [0.2, 0.25) is 0 Å². The zero-order valence-corrected chi connectivity index (χ0v) is 9.03. The molecule has 3 heteroatoms. The quantitative estimate of drug-likeness (QED) is 0.544. The summed E-state index contributed by atoms with van der Waals surface area (Å²) in [5, 5.41) is 3.14. The number of ether oxygens (including phenoxy) is 1. The lowest BCUT2D eigenvalue weighted by atomic mass is 10.1. The van der Waals surface area contributed by atoms with Crippen molar-refractivity contribution in [3.8, 4) is 0 Å². The maximum Gasteiger partial charge on any atom is 0.164 e. The Balaban J connectivity index is 2.20. The van der Waals surface area contributed by atoms with E-state index in [0.717, 1.165) is 12.1 Å². The summed E-state index contributed by atoms with van der Waals surface area (Å²) in [7, 11) is 1.66. The lowest BCUT2D eigenvalue weighted by Gasteiger charge is -2.03. The molecule has 0 aliphatic heterocycles. The molecule has 0 unspecified atom stereocenters. The first-order valence-electron chi connectivity index (χ1n) is 5.12. The fraction of sp³-hybridized carbons (Fsp3) is 0.417. The highest BCUT2D eigenvalue weighted by atomic mass is 16.5. The van der Waals surface area contributed by atoms with Gasteiger partial charge >= 0.3 is 0 Å². The van der Waals surface area contributed by atoms with Gasteiger partial charge in [-0.05, 0) is 0 Å². The van der Waals surface area contributed by atoms with E-state index in [9.17, 15) is 4.79 Å². The fourth-order valence-electron chi connectivity index (χ4n) is 1.27. The number of nitrogens with one attached hydrogen (secondary N) is 1. The minimum Gasteiger partial charge on any atom is -0.383 e. The van der Waals surface area contributed by atoms with E-state index in [-0.39, 0.29) is 5.78 Å². The van der Waals surface area contributed by atoms with E-state index in [0.29, 0.717) is 19.6 Å². The van der Waals surface area contributed by atoms with Gasteiger partial charge in [0, 0.05) is 32.2 Å². The molecule has 0 bridgehead atoms. The summed E-state index contributed by atoms with van der Waals surface area (Å²) in [6.07, 6.45) is 0.535. The van der Waals surface area contributed by atoms with Crippen LogP contribution in [0.4, 0.5) is 0 Å². The van der Waals surface area contributed by atoms with Crippen LogP contribution >= 0.6 is 0 Å². The van der Waals surface area contributed by atoms with Crippen LogP contribution in [-0.2, 0) is 4.74 Å². The second-order valence-corrected chi connectivity index (χ2v) is 3.28. The highest BCUT2D eigenvalue weighted by Gasteiger charge is 2.03. The van der Waals surface area contributed by atoms with Crippen molar-refractivity contribution in [3.63, 3.8) is 0 Å². The topological polar surface area (TPSA) is 38.3 Å². The van der Waals surface area contributed by atoms with Gasteiger partial charge in [-0.1, -0.05) is 30.3 Å². The molecule has 0 saturated heterocycles. The largest absolute Gasteiger partial charge is 0.383 e. The van der Waals surface area contributed by atoms with Gasteiger partial charge in [0.15, 0.2) is 5.78 Å². The van der Waals surface area contributed by atoms with Gasteiger partial charge in [-0.15, -0.1) is 0 Å². The number of benzene rings is 1. The predicted octanol–water partition coefficient (Wildman–Crippen LogP) is 1.50. The Morgan fingerprint density at radius 3 is 2.67 bits per heavy atom. The van der Waals surface area contributed by atoms with Gasteiger partial charge in [-0.3, -0.25) is 4.79 Å². The van der Waals surface area contributed by atoms with Crippen LogP contribution in [0.5, 0.6) is 0 Å². The summed E-state index contributed by atoms with van der Waals surface area (Å²) in [6, 6.07) is 9.36. The Bertz CT molecular complexity index is 285. The molecule has 0 saturated carbocycles. The standard InChI is InChI=1S/C12H17NO2/c1-15-10-9-13-8-7-12(14)11-5-3-2-4-6-11/h2-6,13H,7-10H2,1H3. The minimum atomic E-state index is 0.181. The number of rotatable bonds is 7. The normalized spacial score (nSPS) is 10.2. The number of hydrogen-bond donors (Lipinski definition) is 1. The van der Waals surface area contributed by atoms with Crippen molar-refractivity contribution in [1.29, 1.82) is 0 Å². The SMILES string of the molecule is COCCNCCC(=O)c1ccccc1. The first-order chi connectivity index (χ1) is 7.34. The summed E-state index contributed by atoms with van der Waals surface area (Å²) in [5.41, 5.74) is 0.783. The molecule has 1 aromatic rings. The lowest BCUT2D eigenvalue weighted by Crippen LogP contribution is -2.22. The van der Waals surface area contributed by atoms with Crippen LogP contribution in [-0.4, -0.2) is 32.6 Å². The number of methoxy groups -OCH3 is 1. The van der Waals surface area contributed by atoms with Gasteiger partial charge < -0.3 is 10.1 Å². The predicted molar refractivity (Wildman–Crippen MR) is 60.1 cm³/mol. The number of hydrogen-bond acceptors (Lipinski definition) is 3. The average molecular weight is 207 g/mol. The van der Waals surface area contributed by atoms with E-state index in [1.54, 1.807) is 7.11 Å². The third-order valence-electron chi connectivity index (χ3n) is 2.11. The summed E-state index contributed by atoms with van der Waals surface area (Å²) in [5.74, 6) is 0.181. The van der Waals surface area contributed by atoms with Crippen LogP contribution in [0.3, 0.4) is 0 Å². The highest BCUT2D eigenvalue weighted by Crippen LogP contribution is 2.01. The first-order valence-corrected chi connectivity index (χ1v) is 5.12. The molecule has 1 rings (SSSR count). The lowest BCUT2D eigenvalue weighted by molar-refractivity contribution is 0.0981. The van der Waals surface area contributed by atoms with Crippen LogP contribution < -0.4 is 5.32 Å². The smallest absolute Gasteiger partial charge is 0.164 e. The van der Waals surface area contributed by atoms with Gasteiger partial charge in [0.25, 0.3) is 0 Å². The molecule has 15 heavy (non-hydrogen) atoms. The van der Waals surface area contributed by atoms with Gasteiger partial charge in [0.1, 0.15) is 0 Å². The van der Waals surface area contributed by atoms with Crippen LogP contribution in [0, 0.1) is 0 Å². The molecule has 0 aliphatic rings. The second kappa shape index (κ2) is 7.15. The molecule has 0 aromatic heterocycles. The Labute approximate surface area is 90.4 Å². The Morgan fingerprint density at radius 1 is 1.27 bits per heavy atom. The van der Waals surface area contributed by atoms with Crippen LogP contribution in [0.1, 0.15) is 16.8 Å². The Morgan fingerprint density at radius 2 is 2.00 bits per heavy atom. The molecule has 0 amide bonds. The fourth-order valence-corrected chi connectivity index (χ4v) is 1.27. The third kappa shape index (κ3) is 4.72. The summed E-state index contributed by atoms with van der Waals surface area (Å²) < 4.78 is 4.89. The van der Waals surface area contributed by atoms with Gasteiger partial charge in [-0.2, -0.15) is 0 Å². The molecule has 1 aromatic carbocycles. The van der Waals surface area contributed by atoms with Crippen molar-refractivity contribution in [2.45, 2.75) is 6.42 Å². The van der Waals surface area contributed by atoms with E-state index >= 15 is 0 Å². The molecular weight excluding hydrogens is 190 g/mol. The van der Waals surface area contributed by atoms with E-state index < -0.39 is 0 Å². The van der Waals surface area contributed by atoms with E-state index in [4.69, 9.17) is 4.74 Å². The summed E-state index contributed by atoms with van der Waals surface area (Å²) in [6.45, 7) is 2.18. The molecule has 0 spiro atoms. The maximum atomic E-state index is 11.6. The van der Waals surface area contributed by atoms with Crippen LogP contribution in [0.25, 0.3) is 0 Å². The molecule has 0 radical (unpaired) electrons. The summed E-state index contributed by atoms with van der Waals surface area (Å²) >= 11 is 0. The van der Waals surface area contributed by atoms with E-state index in [2.05, 4.69) is 5.32 Å². The van der Waals surface area contributed by atoms with Crippen LogP contribution in [0.15, 0.2) is 30.3 Å². The number of Topliss-reactive ketones (excluding diaryl/α,β-unsaturated/α-hetero) is 1. The van der Waals surface area contributed by atoms with Crippen molar-refractivity contribution in [3.05, 3.63) is 35.9 Å². The van der Waals surface area contributed by atoms with Crippen molar-refractivity contribution >= 4 is 5.78 Å². The second-order valence-electron chi connectivity index (χ2n) is 3.28.